The van der Waals surface area contributed by atoms with Crippen LogP contribution in [0.4, 0.5) is 0 Å². The second-order valence-electron chi connectivity index (χ2n) is 6.46. The monoisotopic (exact) mass is 344 g/mol. The van der Waals surface area contributed by atoms with Crippen LogP contribution in [0.2, 0.25) is 0 Å². The van der Waals surface area contributed by atoms with Gasteiger partial charge in [-0.1, -0.05) is 30.3 Å². The van der Waals surface area contributed by atoms with Gasteiger partial charge in [-0.25, -0.2) is 0 Å². The first-order chi connectivity index (χ1) is 12.2. The predicted molar refractivity (Wildman–Crippen MR) is 105 cm³/mol. The number of nitrogens with one attached hydrogen (secondary N) is 1. The van der Waals surface area contributed by atoms with Crippen molar-refractivity contribution in [3.05, 3.63) is 48.0 Å². The summed E-state index contributed by atoms with van der Waals surface area (Å²) >= 11 is 0. The summed E-state index contributed by atoms with van der Waals surface area (Å²) < 4.78 is 5.40. The SMILES string of the molecule is C=CCCCN(C)C(=NC)NCc1ccc(CN2CCOCC2)cc1. The van der Waals surface area contributed by atoms with Gasteiger partial charge in [0.15, 0.2) is 5.96 Å². The van der Waals surface area contributed by atoms with Gasteiger partial charge in [0.05, 0.1) is 13.2 Å². The lowest BCUT2D eigenvalue weighted by atomic mass is 10.1. The van der Waals surface area contributed by atoms with E-state index in [0.29, 0.717) is 0 Å². The molecular weight excluding hydrogens is 312 g/mol. The van der Waals surface area contributed by atoms with Crippen LogP contribution in [0, 0.1) is 0 Å². The Morgan fingerprint density at radius 3 is 2.60 bits per heavy atom. The third kappa shape index (κ3) is 6.88. The standard InChI is InChI=1S/C20H32N4O/c1-4-5-6-11-23(3)20(21-2)22-16-18-7-9-19(10-8-18)17-24-12-14-25-15-13-24/h4,7-10H,1,5-6,11-17H2,2-3H3,(H,21,22). The van der Waals surface area contributed by atoms with Crippen molar-refractivity contribution >= 4 is 5.96 Å². The summed E-state index contributed by atoms with van der Waals surface area (Å²) in [7, 11) is 3.90. The van der Waals surface area contributed by atoms with Gasteiger partial charge in [-0.3, -0.25) is 9.89 Å². The number of rotatable bonds is 8. The number of nitrogens with zero attached hydrogens (tertiary/aromatic N) is 3. The summed E-state index contributed by atoms with van der Waals surface area (Å²) in [5, 5.41) is 3.44. The number of hydrogen-bond donors (Lipinski definition) is 1. The molecule has 138 valence electrons. The van der Waals surface area contributed by atoms with E-state index in [-0.39, 0.29) is 0 Å². The van der Waals surface area contributed by atoms with Gasteiger partial charge in [0.1, 0.15) is 0 Å². The number of ether oxygens (including phenoxy) is 1. The second-order valence-corrected chi connectivity index (χ2v) is 6.46. The van der Waals surface area contributed by atoms with Crippen LogP contribution < -0.4 is 5.32 Å². The van der Waals surface area contributed by atoms with Crippen molar-refractivity contribution < 1.29 is 4.74 Å². The molecule has 0 aromatic heterocycles. The smallest absolute Gasteiger partial charge is 0.193 e. The number of hydrogen-bond acceptors (Lipinski definition) is 3. The summed E-state index contributed by atoms with van der Waals surface area (Å²) in [5.41, 5.74) is 2.63. The van der Waals surface area contributed by atoms with E-state index in [4.69, 9.17) is 4.74 Å². The van der Waals surface area contributed by atoms with Crippen LogP contribution in [-0.4, -0.2) is 62.7 Å². The highest BCUT2D eigenvalue weighted by Crippen LogP contribution is 2.09. The van der Waals surface area contributed by atoms with Crippen LogP contribution in [0.25, 0.3) is 0 Å². The molecule has 25 heavy (non-hydrogen) atoms. The van der Waals surface area contributed by atoms with E-state index in [9.17, 15) is 0 Å². The first-order valence-corrected chi connectivity index (χ1v) is 9.13. The average Bonchev–Trinajstić information content (AvgIpc) is 2.64. The molecule has 0 bridgehead atoms. The van der Waals surface area contributed by atoms with Crippen LogP contribution in [0.3, 0.4) is 0 Å². The highest BCUT2D eigenvalue weighted by molar-refractivity contribution is 5.79. The summed E-state index contributed by atoms with van der Waals surface area (Å²) in [6, 6.07) is 8.85. The molecule has 5 nitrogen and oxygen atoms in total. The second kappa shape index (κ2) is 10.9. The molecule has 1 aromatic carbocycles. The van der Waals surface area contributed by atoms with Gasteiger partial charge >= 0.3 is 0 Å². The third-order valence-corrected chi connectivity index (χ3v) is 4.46. The predicted octanol–water partition coefficient (Wildman–Crippen LogP) is 2.49. The van der Waals surface area contributed by atoms with Crippen molar-refractivity contribution in [2.24, 2.45) is 4.99 Å². The molecule has 1 aliphatic rings. The molecule has 2 rings (SSSR count). The molecule has 1 aromatic rings. The lowest BCUT2D eigenvalue weighted by Gasteiger charge is -2.26. The number of benzene rings is 1. The lowest BCUT2D eigenvalue weighted by molar-refractivity contribution is 0.0342. The molecule has 0 atom stereocenters. The third-order valence-electron chi connectivity index (χ3n) is 4.46. The van der Waals surface area contributed by atoms with Crippen LogP contribution in [0.1, 0.15) is 24.0 Å². The highest BCUT2D eigenvalue weighted by Gasteiger charge is 2.10. The molecule has 1 fully saturated rings. The zero-order valence-corrected chi connectivity index (χ0v) is 15.7. The van der Waals surface area contributed by atoms with Gasteiger partial charge in [-0.2, -0.15) is 0 Å². The molecule has 0 saturated carbocycles. The van der Waals surface area contributed by atoms with E-state index in [2.05, 4.69) is 58.0 Å². The zero-order valence-electron chi connectivity index (χ0n) is 15.7. The minimum atomic E-state index is 0.788. The molecule has 0 spiro atoms. The molecule has 1 heterocycles. The minimum absolute atomic E-state index is 0.788. The molecule has 0 radical (unpaired) electrons. The Bertz CT molecular complexity index is 535. The van der Waals surface area contributed by atoms with E-state index in [1.54, 1.807) is 0 Å². The molecule has 1 aliphatic heterocycles. The van der Waals surface area contributed by atoms with Crippen molar-refractivity contribution in [3.8, 4) is 0 Å². The number of guanidine groups is 1. The largest absolute Gasteiger partial charge is 0.379 e. The van der Waals surface area contributed by atoms with Crippen LogP contribution >= 0.6 is 0 Å². The summed E-state index contributed by atoms with van der Waals surface area (Å²) in [4.78, 5) is 8.97. The van der Waals surface area contributed by atoms with Crippen molar-refractivity contribution in [1.29, 1.82) is 0 Å². The quantitative estimate of drug-likeness (QED) is 0.340. The Morgan fingerprint density at radius 2 is 1.96 bits per heavy atom. The van der Waals surface area contributed by atoms with Crippen molar-refractivity contribution in [2.75, 3.05) is 46.9 Å². The Balaban J connectivity index is 1.78. The van der Waals surface area contributed by atoms with E-state index < -0.39 is 0 Å². The maximum atomic E-state index is 5.40. The number of unbranched alkanes of at least 4 members (excludes halogenated alkanes) is 1. The molecule has 1 saturated heterocycles. The molecular formula is C20H32N4O. The molecule has 5 heteroatoms. The Morgan fingerprint density at radius 1 is 1.28 bits per heavy atom. The van der Waals surface area contributed by atoms with E-state index >= 15 is 0 Å². The van der Waals surface area contributed by atoms with Gasteiger partial charge in [-0.15, -0.1) is 6.58 Å². The van der Waals surface area contributed by atoms with Gasteiger partial charge in [-0.05, 0) is 24.0 Å². The number of morpholine rings is 1. The summed E-state index contributed by atoms with van der Waals surface area (Å²) in [5.74, 6) is 0.932. The van der Waals surface area contributed by atoms with Gasteiger partial charge in [0, 0.05) is 46.8 Å². The molecule has 0 aliphatic carbocycles. The summed E-state index contributed by atoms with van der Waals surface area (Å²) in [6.45, 7) is 10.3. The Hall–Kier alpha value is -1.85. The highest BCUT2D eigenvalue weighted by atomic mass is 16.5. The van der Waals surface area contributed by atoms with E-state index in [1.165, 1.54) is 11.1 Å². The normalized spacial score (nSPS) is 15.8. The molecule has 0 unspecified atom stereocenters. The maximum absolute atomic E-state index is 5.40. The van der Waals surface area contributed by atoms with E-state index in [0.717, 1.165) is 64.7 Å². The number of allylic oxidation sites excluding steroid dienone is 1. The van der Waals surface area contributed by atoms with Gasteiger partial charge in [0.25, 0.3) is 0 Å². The Labute approximate surface area is 152 Å². The van der Waals surface area contributed by atoms with Crippen molar-refractivity contribution in [2.45, 2.75) is 25.9 Å². The molecule has 1 N–H and O–H groups in total. The minimum Gasteiger partial charge on any atom is -0.379 e. The fourth-order valence-electron chi connectivity index (χ4n) is 2.92. The zero-order chi connectivity index (χ0) is 17.9. The maximum Gasteiger partial charge on any atom is 0.193 e. The van der Waals surface area contributed by atoms with Gasteiger partial charge < -0.3 is 15.0 Å². The van der Waals surface area contributed by atoms with Gasteiger partial charge in [0.2, 0.25) is 0 Å². The fourth-order valence-corrected chi connectivity index (χ4v) is 2.92. The first kappa shape index (κ1) is 19.5. The van der Waals surface area contributed by atoms with Crippen LogP contribution in [-0.2, 0) is 17.8 Å². The number of aliphatic imine (C=N–C) groups is 1. The Kier molecular flexibility index (Phi) is 8.49. The summed E-state index contributed by atoms with van der Waals surface area (Å²) in [6.07, 6.45) is 4.09. The van der Waals surface area contributed by atoms with Crippen LogP contribution in [0.5, 0.6) is 0 Å². The lowest BCUT2D eigenvalue weighted by Crippen LogP contribution is -2.39. The first-order valence-electron chi connectivity index (χ1n) is 9.13. The average molecular weight is 345 g/mol. The topological polar surface area (TPSA) is 40.1 Å². The van der Waals surface area contributed by atoms with Crippen LogP contribution in [0.15, 0.2) is 41.9 Å². The van der Waals surface area contributed by atoms with Crippen molar-refractivity contribution in [1.82, 2.24) is 15.1 Å². The van der Waals surface area contributed by atoms with Crippen molar-refractivity contribution in [3.63, 3.8) is 0 Å². The van der Waals surface area contributed by atoms with E-state index in [1.807, 2.05) is 13.1 Å². The fraction of sp³-hybridized carbons (Fsp3) is 0.550. The molecule has 0 amide bonds.